The number of nitrogens with zero attached hydrogens (tertiary/aromatic N) is 5. The molecule has 3 aromatic rings. The van der Waals surface area contributed by atoms with Gasteiger partial charge in [0.1, 0.15) is 17.8 Å². The first-order chi connectivity index (χ1) is 14.1. The number of ether oxygens (including phenoxy) is 2. The second-order valence-electron chi connectivity index (χ2n) is 5.95. The highest BCUT2D eigenvalue weighted by Gasteiger charge is 2.23. The van der Waals surface area contributed by atoms with Gasteiger partial charge >= 0.3 is 5.69 Å². The fourth-order valence-electron chi connectivity index (χ4n) is 2.69. The van der Waals surface area contributed by atoms with Crippen LogP contribution in [0.25, 0.3) is 0 Å². The van der Waals surface area contributed by atoms with Crippen molar-refractivity contribution in [2.45, 2.75) is 13.0 Å². The number of imidazole rings is 1. The number of rotatable bonds is 10. The molecule has 0 aliphatic heterocycles. The summed E-state index contributed by atoms with van der Waals surface area (Å²) in [5.41, 5.74) is 0.272. The van der Waals surface area contributed by atoms with Crippen LogP contribution in [0.1, 0.15) is 6.42 Å². The molecular formula is C18H21N7O4. The number of nitrogens with one attached hydrogen (secondary N) is 2. The molecule has 0 saturated heterocycles. The van der Waals surface area contributed by atoms with Gasteiger partial charge in [-0.2, -0.15) is 0 Å². The molecule has 0 radical (unpaired) electrons. The van der Waals surface area contributed by atoms with Crippen molar-refractivity contribution in [3.8, 4) is 11.5 Å². The Morgan fingerprint density at radius 2 is 2.03 bits per heavy atom. The van der Waals surface area contributed by atoms with Crippen molar-refractivity contribution in [2.24, 2.45) is 0 Å². The van der Waals surface area contributed by atoms with E-state index in [0.717, 1.165) is 13.0 Å². The summed E-state index contributed by atoms with van der Waals surface area (Å²) >= 11 is 0. The average molecular weight is 399 g/mol. The minimum atomic E-state index is -0.517. The SMILES string of the molecule is COc1ccc(Nc2ncnc(NCCCn3ccnc3)c2[N+](=O)[O-])c(OC)c1. The maximum absolute atomic E-state index is 11.7. The van der Waals surface area contributed by atoms with Crippen molar-refractivity contribution < 1.29 is 14.4 Å². The van der Waals surface area contributed by atoms with E-state index in [4.69, 9.17) is 9.47 Å². The Morgan fingerprint density at radius 3 is 2.72 bits per heavy atom. The lowest BCUT2D eigenvalue weighted by Crippen LogP contribution is -2.11. The van der Waals surface area contributed by atoms with Crippen LogP contribution in [0, 0.1) is 10.1 Å². The molecule has 1 aromatic carbocycles. The summed E-state index contributed by atoms with van der Waals surface area (Å²) in [5.74, 6) is 1.27. The number of anilines is 3. The van der Waals surface area contributed by atoms with Crippen molar-refractivity contribution in [2.75, 3.05) is 31.4 Å². The summed E-state index contributed by atoms with van der Waals surface area (Å²) in [5, 5.41) is 17.7. The second kappa shape index (κ2) is 9.35. The van der Waals surface area contributed by atoms with Crippen LogP contribution in [-0.4, -0.2) is 45.2 Å². The highest BCUT2D eigenvalue weighted by Crippen LogP contribution is 2.35. The van der Waals surface area contributed by atoms with Crippen LogP contribution in [0.3, 0.4) is 0 Å². The minimum absolute atomic E-state index is 0.0607. The van der Waals surface area contributed by atoms with Crippen molar-refractivity contribution in [1.29, 1.82) is 0 Å². The van der Waals surface area contributed by atoms with E-state index >= 15 is 0 Å². The number of aromatic nitrogens is 4. The highest BCUT2D eigenvalue weighted by molar-refractivity contribution is 5.76. The molecule has 0 spiro atoms. The Labute approximate surface area is 166 Å². The second-order valence-corrected chi connectivity index (χ2v) is 5.95. The van der Waals surface area contributed by atoms with Gasteiger partial charge in [0.25, 0.3) is 0 Å². The van der Waals surface area contributed by atoms with Crippen LogP contribution < -0.4 is 20.1 Å². The molecule has 2 aromatic heterocycles. The van der Waals surface area contributed by atoms with Crippen LogP contribution in [0.2, 0.25) is 0 Å². The van der Waals surface area contributed by atoms with Gasteiger partial charge in [0.2, 0.25) is 11.6 Å². The lowest BCUT2D eigenvalue weighted by molar-refractivity contribution is -0.383. The first kappa shape index (κ1) is 19.9. The first-order valence-electron chi connectivity index (χ1n) is 8.80. The van der Waals surface area contributed by atoms with Crippen LogP contribution in [0.15, 0.2) is 43.2 Å². The third-order valence-electron chi connectivity index (χ3n) is 4.11. The largest absolute Gasteiger partial charge is 0.497 e. The van der Waals surface area contributed by atoms with E-state index in [9.17, 15) is 10.1 Å². The van der Waals surface area contributed by atoms with Crippen LogP contribution in [0.5, 0.6) is 11.5 Å². The summed E-state index contributed by atoms with van der Waals surface area (Å²) in [6.07, 6.45) is 7.29. The predicted molar refractivity (Wildman–Crippen MR) is 107 cm³/mol. The van der Waals surface area contributed by atoms with Gasteiger partial charge in [-0.15, -0.1) is 0 Å². The smallest absolute Gasteiger partial charge is 0.353 e. The molecule has 2 heterocycles. The number of hydrogen-bond donors (Lipinski definition) is 2. The zero-order valence-corrected chi connectivity index (χ0v) is 16.0. The van der Waals surface area contributed by atoms with E-state index in [1.807, 2.05) is 10.8 Å². The zero-order valence-electron chi connectivity index (χ0n) is 16.0. The third kappa shape index (κ3) is 4.89. The maximum atomic E-state index is 11.7. The van der Waals surface area contributed by atoms with Gasteiger partial charge in [0.05, 0.1) is 31.2 Å². The molecule has 11 heteroatoms. The van der Waals surface area contributed by atoms with Gasteiger partial charge in [0.15, 0.2) is 0 Å². The Bertz CT molecular complexity index is 963. The maximum Gasteiger partial charge on any atom is 0.353 e. The van der Waals surface area contributed by atoms with E-state index in [0.29, 0.717) is 23.7 Å². The van der Waals surface area contributed by atoms with Crippen LogP contribution >= 0.6 is 0 Å². The molecule has 0 saturated carbocycles. The number of aryl methyl sites for hydroxylation is 1. The number of methoxy groups -OCH3 is 2. The van der Waals surface area contributed by atoms with E-state index in [-0.39, 0.29) is 17.3 Å². The molecule has 152 valence electrons. The molecule has 3 rings (SSSR count). The quantitative estimate of drug-likeness (QED) is 0.300. The minimum Gasteiger partial charge on any atom is -0.497 e. The van der Waals surface area contributed by atoms with Gasteiger partial charge in [-0.1, -0.05) is 0 Å². The van der Waals surface area contributed by atoms with Crippen molar-refractivity contribution >= 4 is 23.0 Å². The van der Waals surface area contributed by atoms with E-state index in [1.54, 1.807) is 37.8 Å². The van der Waals surface area contributed by atoms with Gasteiger partial charge in [0, 0.05) is 31.5 Å². The van der Waals surface area contributed by atoms with E-state index < -0.39 is 4.92 Å². The van der Waals surface area contributed by atoms with Gasteiger partial charge in [-0.05, 0) is 18.6 Å². The van der Waals surface area contributed by atoms with Gasteiger partial charge in [-0.25, -0.2) is 15.0 Å². The standard InChI is InChI=1S/C18H21N7O4/c1-28-13-4-5-14(15(10-13)29-2)23-18-16(25(26)27)17(21-11-22-18)20-6-3-8-24-9-7-19-12-24/h4-5,7,9-12H,3,6,8H2,1-2H3,(H2,20,21,22,23). The monoisotopic (exact) mass is 399 g/mol. The fraction of sp³-hybridized carbons (Fsp3) is 0.278. The summed E-state index contributed by atoms with van der Waals surface area (Å²) in [4.78, 5) is 23.2. The predicted octanol–water partition coefficient (Wildman–Crippen LogP) is 2.84. The normalized spacial score (nSPS) is 10.4. The Kier molecular flexibility index (Phi) is 6.40. The number of nitro groups is 1. The van der Waals surface area contributed by atoms with Crippen molar-refractivity contribution in [3.63, 3.8) is 0 Å². The molecule has 11 nitrogen and oxygen atoms in total. The molecule has 0 atom stereocenters. The molecule has 0 aliphatic carbocycles. The number of benzene rings is 1. The lowest BCUT2D eigenvalue weighted by atomic mass is 10.2. The van der Waals surface area contributed by atoms with E-state index in [1.165, 1.54) is 13.4 Å². The molecule has 0 fully saturated rings. The molecule has 0 amide bonds. The molecule has 2 N–H and O–H groups in total. The van der Waals surface area contributed by atoms with Gasteiger partial charge < -0.3 is 24.7 Å². The van der Waals surface area contributed by atoms with Crippen molar-refractivity contribution in [3.05, 3.63) is 53.4 Å². The topological polar surface area (TPSA) is 129 Å². The van der Waals surface area contributed by atoms with E-state index in [2.05, 4.69) is 25.6 Å². The molecule has 0 bridgehead atoms. The average Bonchev–Trinajstić information content (AvgIpc) is 3.25. The molecule has 0 aliphatic rings. The summed E-state index contributed by atoms with van der Waals surface area (Å²) in [6.45, 7) is 1.24. The van der Waals surface area contributed by atoms with Crippen molar-refractivity contribution in [1.82, 2.24) is 19.5 Å². The summed E-state index contributed by atoms with van der Waals surface area (Å²) in [7, 11) is 3.05. The Morgan fingerprint density at radius 1 is 1.21 bits per heavy atom. The van der Waals surface area contributed by atoms with Gasteiger partial charge in [-0.3, -0.25) is 10.1 Å². The summed E-state index contributed by atoms with van der Waals surface area (Å²) in [6, 6.07) is 5.08. The first-order valence-corrected chi connectivity index (χ1v) is 8.80. The Hall–Kier alpha value is -3.89. The van der Waals surface area contributed by atoms with Crippen LogP contribution in [0.4, 0.5) is 23.0 Å². The zero-order chi connectivity index (χ0) is 20.6. The third-order valence-corrected chi connectivity index (χ3v) is 4.11. The molecule has 0 unspecified atom stereocenters. The molecule has 29 heavy (non-hydrogen) atoms. The lowest BCUT2D eigenvalue weighted by Gasteiger charge is -2.13. The number of hydrogen-bond acceptors (Lipinski definition) is 9. The highest BCUT2D eigenvalue weighted by atomic mass is 16.6. The summed E-state index contributed by atoms with van der Waals surface area (Å²) < 4.78 is 12.4. The molecular weight excluding hydrogens is 378 g/mol. The fourth-order valence-corrected chi connectivity index (χ4v) is 2.69. The Balaban J connectivity index is 1.77. The van der Waals surface area contributed by atoms with Crippen LogP contribution in [-0.2, 0) is 6.54 Å².